The maximum atomic E-state index is 10.3. The Morgan fingerprint density at radius 1 is 0.404 bits per heavy atom. The van der Waals surface area contributed by atoms with Crippen molar-refractivity contribution in [1.29, 1.82) is 0 Å². The lowest BCUT2D eigenvalue weighted by atomic mass is 10.2. The van der Waals surface area contributed by atoms with E-state index in [0.29, 0.717) is 16.7 Å². The fourth-order valence-corrected chi connectivity index (χ4v) is 3.79. The lowest BCUT2D eigenvalue weighted by Gasteiger charge is -1.99. The van der Waals surface area contributed by atoms with Crippen LogP contribution in [0.1, 0.15) is 22.3 Å². The Hall–Kier alpha value is -7.50. The molecular weight excluding hydrogens is 690 g/mol. The van der Waals surface area contributed by atoms with Gasteiger partial charge in [-0.1, -0.05) is 30.3 Å². The Balaban J connectivity index is 0.000000327. The molecule has 0 radical (unpaired) electrons. The summed E-state index contributed by atoms with van der Waals surface area (Å²) in [5.74, 6) is -2.76. The van der Waals surface area contributed by atoms with Crippen molar-refractivity contribution in [2.24, 2.45) is 0 Å². The molecule has 276 valence electrons. The van der Waals surface area contributed by atoms with Gasteiger partial charge in [0, 0.05) is 11.6 Å². The molecule has 0 saturated carbocycles. The molecule has 9 N–H and O–H groups in total. The highest BCUT2D eigenvalue weighted by Gasteiger charge is 2.19. The lowest BCUT2D eigenvalue weighted by Crippen LogP contribution is -1.91. The summed E-state index contributed by atoms with van der Waals surface area (Å²) in [7, 11) is 0. The van der Waals surface area contributed by atoms with Crippen molar-refractivity contribution >= 4 is 17.1 Å². The van der Waals surface area contributed by atoms with Gasteiger partial charge in [-0.15, -0.1) is 0 Å². The number of phenols is 9. The van der Waals surface area contributed by atoms with Gasteiger partial charge in [0.05, 0.1) is 14.8 Å². The zero-order chi connectivity index (χ0) is 39.9. The van der Waals surface area contributed by atoms with Crippen LogP contribution < -0.4 is 0 Å². The molecule has 5 aromatic carbocycles. The summed E-state index contributed by atoms with van der Waals surface area (Å²) in [6.07, 6.45) is 0. The Morgan fingerprint density at radius 2 is 0.827 bits per heavy atom. The fourth-order valence-electron chi connectivity index (χ4n) is 3.79. The van der Waals surface area contributed by atoms with E-state index in [1.165, 1.54) is 54.6 Å². The largest absolute Gasteiger partial charge is 0.504 e. The predicted octanol–water partition coefficient (Wildman–Crippen LogP) is 6.74. The van der Waals surface area contributed by atoms with Gasteiger partial charge in [0.15, 0.2) is 46.0 Å². The van der Waals surface area contributed by atoms with Crippen LogP contribution >= 0.6 is 0 Å². The molecule has 18 nitrogen and oxygen atoms in total. The molecule has 0 aromatic heterocycles. The molecule has 0 aliphatic rings. The second-order valence-corrected chi connectivity index (χ2v) is 10.5. The Kier molecular flexibility index (Phi) is 15.9. The van der Waals surface area contributed by atoms with Crippen LogP contribution in [-0.4, -0.2) is 60.7 Å². The molecule has 5 rings (SSSR count). The van der Waals surface area contributed by atoms with Crippen LogP contribution in [0, 0.1) is 58.0 Å². The van der Waals surface area contributed by atoms with Gasteiger partial charge < -0.3 is 46.0 Å². The van der Waals surface area contributed by atoms with E-state index in [9.17, 15) is 30.3 Å². The van der Waals surface area contributed by atoms with Crippen molar-refractivity contribution in [1.82, 2.24) is 0 Å². The molecule has 0 saturated heterocycles. The third kappa shape index (κ3) is 13.2. The second kappa shape index (κ2) is 19.5. The summed E-state index contributed by atoms with van der Waals surface area (Å²) in [5.41, 5.74) is 1.15. The normalized spacial score (nSPS) is 9.54. The SMILES string of the molecule is Cc1cc(O)c(O)c([N+](=O)[O-])c1.Cc1cc(O)c([N+](=O)[O-])c(O)c1.Cc1ccc(O)c(O)c1.Cc1cccc(O)c1[N+](=O)[O-].Oc1ccccc1O. The highest BCUT2D eigenvalue weighted by Crippen LogP contribution is 2.36. The van der Waals surface area contributed by atoms with Gasteiger partial charge in [-0.05, 0) is 92.9 Å². The molecule has 0 fully saturated rings. The highest BCUT2D eigenvalue weighted by atomic mass is 16.6. The van der Waals surface area contributed by atoms with Gasteiger partial charge in [0.1, 0.15) is 0 Å². The van der Waals surface area contributed by atoms with Crippen LogP contribution in [0.3, 0.4) is 0 Å². The number of benzene rings is 5. The van der Waals surface area contributed by atoms with E-state index in [2.05, 4.69) is 0 Å². The van der Waals surface area contributed by atoms with Crippen molar-refractivity contribution in [2.75, 3.05) is 0 Å². The van der Waals surface area contributed by atoms with E-state index in [1.807, 2.05) is 6.92 Å². The molecule has 52 heavy (non-hydrogen) atoms. The lowest BCUT2D eigenvalue weighted by molar-refractivity contribution is -0.386. The van der Waals surface area contributed by atoms with Gasteiger partial charge in [-0.3, -0.25) is 30.3 Å². The molecular formula is C34H35N3O15. The van der Waals surface area contributed by atoms with Crippen molar-refractivity contribution in [3.05, 3.63) is 138 Å². The zero-order valence-electron chi connectivity index (χ0n) is 27.9. The summed E-state index contributed by atoms with van der Waals surface area (Å²) in [6.45, 7) is 6.63. The van der Waals surface area contributed by atoms with Crippen molar-refractivity contribution in [3.8, 4) is 51.7 Å². The first-order valence-corrected chi connectivity index (χ1v) is 14.4. The van der Waals surface area contributed by atoms with Crippen LogP contribution in [0.15, 0.2) is 84.9 Å². The first-order valence-electron chi connectivity index (χ1n) is 14.4. The molecule has 0 aliphatic heterocycles. The number of para-hydroxylation sites is 3. The second-order valence-electron chi connectivity index (χ2n) is 10.5. The molecule has 0 amide bonds. The Labute approximate surface area is 294 Å². The smallest absolute Gasteiger partial charge is 0.351 e. The summed E-state index contributed by atoms with van der Waals surface area (Å²) in [4.78, 5) is 28.6. The van der Waals surface area contributed by atoms with Crippen LogP contribution in [0.4, 0.5) is 17.1 Å². The number of nitrogens with zero attached hydrogens (tertiary/aromatic N) is 3. The number of hydrogen-bond acceptors (Lipinski definition) is 15. The first kappa shape index (κ1) is 42.5. The zero-order valence-corrected chi connectivity index (χ0v) is 27.9. The van der Waals surface area contributed by atoms with Gasteiger partial charge in [-0.2, -0.15) is 0 Å². The Bertz CT molecular complexity index is 1970. The van der Waals surface area contributed by atoms with E-state index in [1.54, 1.807) is 51.1 Å². The van der Waals surface area contributed by atoms with Crippen molar-refractivity contribution in [3.63, 3.8) is 0 Å². The monoisotopic (exact) mass is 725 g/mol. The molecule has 0 spiro atoms. The van der Waals surface area contributed by atoms with Crippen LogP contribution in [0.2, 0.25) is 0 Å². The first-order chi connectivity index (χ1) is 24.2. The van der Waals surface area contributed by atoms with E-state index in [-0.39, 0.29) is 34.4 Å². The summed E-state index contributed by atoms with van der Waals surface area (Å²) in [6, 6.07) is 20.2. The summed E-state index contributed by atoms with van der Waals surface area (Å²) < 4.78 is 0. The van der Waals surface area contributed by atoms with E-state index in [0.717, 1.165) is 5.56 Å². The highest BCUT2D eigenvalue weighted by molar-refractivity contribution is 5.58. The number of phenolic OH excluding ortho intramolecular Hbond substituents is 9. The molecule has 5 aromatic rings. The van der Waals surface area contributed by atoms with Crippen molar-refractivity contribution in [2.45, 2.75) is 27.7 Å². The minimum Gasteiger partial charge on any atom is -0.504 e. The van der Waals surface area contributed by atoms with Gasteiger partial charge >= 0.3 is 17.1 Å². The molecule has 0 heterocycles. The predicted molar refractivity (Wildman–Crippen MR) is 186 cm³/mol. The average molecular weight is 726 g/mol. The topological polar surface area (TPSA) is 311 Å². The number of nitro benzene ring substituents is 3. The maximum Gasteiger partial charge on any atom is 0.351 e. The number of nitro groups is 3. The third-order valence-electron chi connectivity index (χ3n) is 6.22. The fraction of sp³-hybridized carbons (Fsp3) is 0.118. The summed E-state index contributed by atoms with van der Waals surface area (Å²) in [5, 5.41) is 111. The number of rotatable bonds is 3. The van der Waals surface area contributed by atoms with Gasteiger partial charge in [-0.25, -0.2) is 0 Å². The average Bonchev–Trinajstić information content (AvgIpc) is 3.02. The van der Waals surface area contributed by atoms with Gasteiger partial charge in [0.25, 0.3) is 0 Å². The quantitative estimate of drug-likeness (QED) is 0.0528. The van der Waals surface area contributed by atoms with Crippen LogP contribution in [0.25, 0.3) is 0 Å². The summed E-state index contributed by atoms with van der Waals surface area (Å²) >= 11 is 0. The third-order valence-corrected chi connectivity index (χ3v) is 6.22. The molecule has 0 bridgehead atoms. The van der Waals surface area contributed by atoms with Gasteiger partial charge in [0.2, 0.25) is 5.75 Å². The number of aromatic hydroxyl groups is 9. The van der Waals surface area contributed by atoms with E-state index >= 15 is 0 Å². The molecule has 0 atom stereocenters. The Morgan fingerprint density at radius 3 is 1.21 bits per heavy atom. The minimum absolute atomic E-state index is 0.0602. The molecule has 0 aliphatic carbocycles. The van der Waals surface area contributed by atoms with E-state index in [4.69, 9.17) is 46.0 Å². The number of aryl methyl sites for hydroxylation is 4. The number of hydrogen-bond donors (Lipinski definition) is 9. The maximum absolute atomic E-state index is 10.3. The van der Waals surface area contributed by atoms with E-state index < -0.39 is 49.1 Å². The van der Waals surface area contributed by atoms with Crippen LogP contribution in [0.5, 0.6) is 51.7 Å². The van der Waals surface area contributed by atoms with Crippen LogP contribution in [-0.2, 0) is 0 Å². The van der Waals surface area contributed by atoms with Crippen molar-refractivity contribution < 1.29 is 60.7 Å². The standard InChI is InChI=1S/2C7H7NO4.C7H7NO3.C7H8O2.C6H6O2/c1-4-2-5(9)7(8(11)12)6(10)3-4;1-4-2-5(8(11)12)7(10)6(9)3-4;1-5-3-2-4-6(9)7(5)8(10)11;1-5-2-3-6(8)7(9)4-5;7-5-3-1-2-4-6(5)8/h2*2-3,9-10H,1H3;2-4,9H,1H3;2-4,8-9H,1H3;1-4,7-8H. The molecule has 0 unspecified atom stereocenters. The minimum atomic E-state index is -0.829. The molecule has 18 heteroatoms.